The van der Waals surface area contributed by atoms with Crippen LogP contribution < -0.4 is 15.5 Å². The average Bonchev–Trinajstić information content (AvgIpc) is 2.77. The van der Waals surface area contributed by atoms with Crippen LogP contribution in [-0.2, 0) is 6.54 Å². The minimum Gasteiger partial charge on any atom is -0.362 e. The molecular weight excluding hydrogens is 447 g/mol. The summed E-state index contributed by atoms with van der Waals surface area (Å²) in [6.07, 6.45) is 3.94. The van der Waals surface area contributed by atoms with Gasteiger partial charge in [-0.15, -0.1) is 0 Å². The zero-order valence-electron chi connectivity index (χ0n) is 18.7. The van der Waals surface area contributed by atoms with E-state index in [4.69, 9.17) is 9.97 Å². The van der Waals surface area contributed by atoms with Gasteiger partial charge < -0.3 is 15.5 Å². The van der Waals surface area contributed by atoms with Crippen molar-refractivity contribution in [3.8, 4) is 0 Å². The van der Waals surface area contributed by atoms with E-state index in [1.54, 1.807) is 12.1 Å². The molecule has 4 rings (SSSR count). The Morgan fingerprint density at radius 2 is 1.70 bits per heavy atom. The van der Waals surface area contributed by atoms with E-state index >= 15 is 0 Å². The van der Waals surface area contributed by atoms with Gasteiger partial charge in [0.05, 0.1) is 5.52 Å². The fourth-order valence-electron chi connectivity index (χ4n) is 4.20. The van der Waals surface area contributed by atoms with E-state index in [2.05, 4.69) is 10.6 Å². The lowest BCUT2D eigenvalue weighted by molar-refractivity contribution is -0.0328. The van der Waals surface area contributed by atoms with E-state index in [-0.39, 0.29) is 16.7 Å². The standard InChI is InChI=1S/C24H28F3N5S/c1-32(2)22-20-8-3-4-9-21(20)30-23(31-22)29-18-12-10-17(11-13-18)28-15-16-6-5-7-19(14-16)33-24(25,26)27/h3-9,14,17-18,28H,10-13,15H2,1-2H3,(H,29,30,31). The third kappa shape index (κ3) is 6.51. The first kappa shape index (κ1) is 23.6. The number of rotatable bonds is 7. The number of hydrogen-bond acceptors (Lipinski definition) is 6. The van der Waals surface area contributed by atoms with Gasteiger partial charge in [-0.3, -0.25) is 0 Å². The summed E-state index contributed by atoms with van der Waals surface area (Å²) in [5, 5.41) is 8.04. The second kappa shape index (κ2) is 10.2. The van der Waals surface area contributed by atoms with Crippen LogP contribution in [0.2, 0.25) is 0 Å². The van der Waals surface area contributed by atoms with Crippen molar-refractivity contribution < 1.29 is 13.2 Å². The number of para-hydroxylation sites is 1. The average molecular weight is 476 g/mol. The maximum absolute atomic E-state index is 12.6. The molecule has 1 heterocycles. The Kier molecular flexibility index (Phi) is 7.29. The summed E-state index contributed by atoms with van der Waals surface area (Å²) in [4.78, 5) is 11.6. The third-order valence-electron chi connectivity index (χ3n) is 5.79. The molecule has 3 aromatic rings. The van der Waals surface area contributed by atoms with Crippen molar-refractivity contribution in [1.82, 2.24) is 15.3 Å². The highest BCUT2D eigenvalue weighted by atomic mass is 32.2. The molecule has 0 spiro atoms. The SMILES string of the molecule is CN(C)c1nc(NC2CCC(NCc3cccc(SC(F)(F)F)c3)CC2)nc2ccccc12. The fourth-order valence-corrected chi connectivity index (χ4v) is 4.83. The summed E-state index contributed by atoms with van der Waals surface area (Å²) in [6.45, 7) is 0.564. The normalized spacial score (nSPS) is 18.9. The highest BCUT2D eigenvalue weighted by Gasteiger charge is 2.29. The van der Waals surface area contributed by atoms with Crippen molar-refractivity contribution >= 4 is 34.4 Å². The fraction of sp³-hybridized carbons (Fsp3) is 0.417. The van der Waals surface area contributed by atoms with Crippen LogP contribution in [0, 0.1) is 0 Å². The molecule has 0 aliphatic heterocycles. The van der Waals surface area contributed by atoms with Gasteiger partial charge in [-0.1, -0.05) is 24.3 Å². The predicted octanol–water partition coefficient (Wildman–Crippen LogP) is 5.82. The Bertz CT molecular complexity index is 1080. The number of thioether (sulfide) groups is 1. The molecule has 5 nitrogen and oxygen atoms in total. The quantitative estimate of drug-likeness (QED) is 0.420. The number of nitrogens with zero attached hydrogens (tertiary/aromatic N) is 3. The number of hydrogen-bond donors (Lipinski definition) is 2. The summed E-state index contributed by atoms with van der Waals surface area (Å²) in [7, 11) is 3.96. The van der Waals surface area contributed by atoms with Crippen LogP contribution >= 0.6 is 11.8 Å². The first-order valence-electron chi connectivity index (χ1n) is 11.1. The van der Waals surface area contributed by atoms with Crippen LogP contribution in [0.3, 0.4) is 0 Å². The lowest BCUT2D eigenvalue weighted by Gasteiger charge is -2.30. The molecule has 0 saturated heterocycles. The maximum atomic E-state index is 12.6. The van der Waals surface area contributed by atoms with Crippen molar-refractivity contribution in [3.05, 3.63) is 54.1 Å². The lowest BCUT2D eigenvalue weighted by atomic mass is 9.91. The number of alkyl halides is 3. The molecule has 0 atom stereocenters. The van der Waals surface area contributed by atoms with Gasteiger partial charge in [0.15, 0.2) is 0 Å². The Morgan fingerprint density at radius 3 is 2.42 bits per heavy atom. The monoisotopic (exact) mass is 475 g/mol. The Morgan fingerprint density at radius 1 is 0.970 bits per heavy atom. The van der Waals surface area contributed by atoms with Gasteiger partial charge >= 0.3 is 5.51 Å². The Balaban J connectivity index is 1.31. The summed E-state index contributed by atoms with van der Waals surface area (Å²) in [5.41, 5.74) is -2.48. The molecule has 0 bridgehead atoms. The molecule has 2 N–H and O–H groups in total. The van der Waals surface area contributed by atoms with Crippen LogP contribution in [-0.4, -0.2) is 41.7 Å². The minimum atomic E-state index is -4.26. The number of halogens is 3. The molecule has 1 fully saturated rings. The molecule has 1 saturated carbocycles. The molecule has 1 aromatic heterocycles. The van der Waals surface area contributed by atoms with E-state index in [9.17, 15) is 13.2 Å². The van der Waals surface area contributed by atoms with Crippen LogP contribution in [0.4, 0.5) is 24.9 Å². The predicted molar refractivity (Wildman–Crippen MR) is 129 cm³/mol. The zero-order chi connectivity index (χ0) is 23.4. The van der Waals surface area contributed by atoms with Gasteiger partial charge in [-0.2, -0.15) is 18.2 Å². The van der Waals surface area contributed by atoms with Crippen LogP contribution in [0.1, 0.15) is 31.2 Å². The first-order valence-corrected chi connectivity index (χ1v) is 11.9. The molecule has 0 amide bonds. The molecular formula is C24H28F3N5S. The van der Waals surface area contributed by atoms with E-state index in [1.807, 2.05) is 49.3 Å². The van der Waals surface area contributed by atoms with Gasteiger partial charge in [-0.25, -0.2) is 4.98 Å². The third-order valence-corrected chi connectivity index (χ3v) is 6.52. The summed E-state index contributed by atoms with van der Waals surface area (Å²) < 4.78 is 37.8. The number of anilines is 2. The molecule has 2 aromatic carbocycles. The van der Waals surface area contributed by atoms with Gasteiger partial charge in [0, 0.05) is 43.0 Å². The Labute approximate surface area is 196 Å². The number of aromatic nitrogens is 2. The molecule has 9 heteroatoms. The maximum Gasteiger partial charge on any atom is 0.446 e. The second-order valence-electron chi connectivity index (χ2n) is 8.55. The highest BCUT2D eigenvalue weighted by molar-refractivity contribution is 8.00. The van der Waals surface area contributed by atoms with Crippen molar-refractivity contribution in [2.45, 2.75) is 54.7 Å². The van der Waals surface area contributed by atoms with Gasteiger partial charge in [-0.05, 0) is 67.3 Å². The summed E-state index contributed by atoms with van der Waals surface area (Å²) >= 11 is -0.0701. The first-order chi connectivity index (χ1) is 15.8. The topological polar surface area (TPSA) is 53.1 Å². The molecule has 1 aliphatic rings. The highest BCUT2D eigenvalue weighted by Crippen LogP contribution is 2.37. The van der Waals surface area contributed by atoms with Gasteiger partial charge in [0.25, 0.3) is 0 Å². The van der Waals surface area contributed by atoms with Crippen LogP contribution in [0.5, 0.6) is 0 Å². The number of fused-ring (bicyclic) bond motifs is 1. The van der Waals surface area contributed by atoms with E-state index < -0.39 is 5.51 Å². The number of benzene rings is 2. The molecule has 0 unspecified atom stereocenters. The molecule has 176 valence electrons. The second-order valence-corrected chi connectivity index (χ2v) is 9.69. The van der Waals surface area contributed by atoms with Crippen LogP contribution in [0.25, 0.3) is 10.9 Å². The van der Waals surface area contributed by atoms with Crippen molar-refractivity contribution in [2.24, 2.45) is 0 Å². The lowest BCUT2D eigenvalue weighted by Crippen LogP contribution is -2.37. The smallest absolute Gasteiger partial charge is 0.362 e. The van der Waals surface area contributed by atoms with Crippen molar-refractivity contribution in [3.63, 3.8) is 0 Å². The summed E-state index contributed by atoms with van der Waals surface area (Å²) in [6, 6.07) is 15.3. The van der Waals surface area contributed by atoms with E-state index in [0.717, 1.165) is 48.0 Å². The van der Waals surface area contributed by atoms with Gasteiger partial charge in [0.2, 0.25) is 5.95 Å². The van der Waals surface area contributed by atoms with Crippen molar-refractivity contribution in [2.75, 3.05) is 24.3 Å². The molecule has 0 radical (unpaired) electrons. The van der Waals surface area contributed by atoms with Crippen LogP contribution in [0.15, 0.2) is 53.4 Å². The zero-order valence-corrected chi connectivity index (χ0v) is 19.5. The van der Waals surface area contributed by atoms with E-state index in [1.165, 1.54) is 6.07 Å². The van der Waals surface area contributed by atoms with Crippen molar-refractivity contribution in [1.29, 1.82) is 0 Å². The van der Waals surface area contributed by atoms with E-state index in [0.29, 0.717) is 24.6 Å². The van der Waals surface area contributed by atoms with Gasteiger partial charge in [0.1, 0.15) is 5.82 Å². The largest absolute Gasteiger partial charge is 0.446 e. The molecule has 1 aliphatic carbocycles. The Hall–Kier alpha value is -2.52. The minimum absolute atomic E-state index is 0.0701. The number of nitrogens with one attached hydrogen (secondary N) is 2. The summed E-state index contributed by atoms with van der Waals surface area (Å²) in [5.74, 6) is 1.54. The molecule has 33 heavy (non-hydrogen) atoms.